The molecule has 0 fully saturated rings. The van der Waals surface area contributed by atoms with Crippen molar-refractivity contribution in [3.63, 3.8) is 0 Å². The number of rotatable bonds is 5. The molecule has 0 saturated carbocycles. The van der Waals surface area contributed by atoms with Crippen LogP contribution in [0.2, 0.25) is 0 Å². The van der Waals surface area contributed by atoms with Gasteiger partial charge < -0.3 is 15.6 Å². The molecular formula is C16H17BrFNO2. The Bertz CT molecular complexity index is 621. The van der Waals surface area contributed by atoms with E-state index >= 15 is 0 Å². The van der Waals surface area contributed by atoms with Crippen LogP contribution in [-0.4, -0.2) is 18.8 Å². The van der Waals surface area contributed by atoms with Gasteiger partial charge in [0.05, 0.1) is 17.7 Å². The van der Waals surface area contributed by atoms with E-state index in [4.69, 9.17) is 10.5 Å². The summed E-state index contributed by atoms with van der Waals surface area (Å²) in [7, 11) is 1.58. The van der Waals surface area contributed by atoms with Crippen LogP contribution < -0.4 is 10.5 Å². The lowest BCUT2D eigenvalue weighted by molar-refractivity contribution is 0.147. The van der Waals surface area contributed by atoms with Crippen LogP contribution in [0.25, 0.3) is 0 Å². The lowest BCUT2D eigenvalue weighted by atomic mass is 9.89. The standard InChI is InChI=1S/C16H17BrFNO2/c1-21-15-6-5-11(8-14(15)17)16(20)13(9-19)10-3-2-4-12(18)7-10/h2-8,13,16,20H,9,19H2,1H3. The molecule has 0 bridgehead atoms. The van der Waals surface area contributed by atoms with E-state index in [1.54, 1.807) is 37.4 Å². The fraction of sp³-hybridized carbons (Fsp3) is 0.250. The first-order chi connectivity index (χ1) is 10.1. The highest BCUT2D eigenvalue weighted by Gasteiger charge is 2.22. The van der Waals surface area contributed by atoms with Gasteiger partial charge in [-0.25, -0.2) is 4.39 Å². The zero-order chi connectivity index (χ0) is 15.4. The van der Waals surface area contributed by atoms with Gasteiger partial charge in [-0.05, 0) is 51.3 Å². The van der Waals surface area contributed by atoms with E-state index in [9.17, 15) is 9.50 Å². The second-order valence-corrected chi connectivity index (χ2v) is 5.59. The largest absolute Gasteiger partial charge is 0.496 e. The Labute approximate surface area is 131 Å². The van der Waals surface area contributed by atoms with Gasteiger partial charge in [-0.3, -0.25) is 0 Å². The third-order valence-electron chi connectivity index (χ3n) is 3.43. The van der Waals surface area contributed by atoms with Crippen molar-refractivity contribution in [2.24, 2.45) is 5.73 Å². The van der Waals surface area contributed by atoms with Crippen molar-refractivity contribution in [2.75, 3.05) is 13.7 Å². The first kappa shape index (κ1) is 15.9. The molecule has 0 radical (unpaired) electrons. The van der Waals surface area contributed by atoms with E-state index in [1.165, 1.54) is 12.1 Å². The number of methoxy groups -OCH3 is 1. The average Bonchev–Trinajstić information content (AvgIpc) is 2.48. The predicted octanol–water partition coefficient (Wildman–Crippen LogP) is 3.37. The summed E-state index contributed by atoms with van der Waals surface area (Å²) >= 11 is 3.39. The molecule has 112 valence electrons. The van der Waals surface area contributed by atoms with E-state index in [2.05, 4.69) is 15.9 Å². The normalized spacial score (nSPS) is 13.8. The summed E-state index contributed by atoms with van der Waals surface area (Å²) in [5.41, 5.74) is 7.14. The first-order valence-corrected chi connectivity index (χ1v) is 7.33. The van der Waals surface area contributed by atoms with E-state index < -0.39 is 6.10 Å². The summed E-state index contributed by atoms with van der Waals surface area (Å²) in [6.07, 6.45) is -0.820. The summed E-state index contributed by atoms with van der Waals surface area (Å²) in [5, 5.41) is 10.5. The maximum Gasteiger partial charge on any atom is 0.133 e. The predicted molar refractivity (Wildman–Crippen MR) is 83.8 cm³/mol. The third kappa shape index (κ3) is 3.61. The molecule has 5 heteroatoms. The number of benzene rings is 2. The Morgan fingerprint density at radius 1 is 1.24 bits per heavy atom. The maximum atomic E-state index is 13.3. The van der Waals surface area contributed by atoms with Crippen molar-refractivity contribution < 1.29 is 14.2 Å². The van der Waals surface area contributed by atoms with Gasteiger partial charge in [-0.2, -0.15) is 0 Å². The second-order valence-electron chi connectivity index (χ2n) is 4.74. The van der Waals surface area contributed by atoms with E-state index in [0.717, 1.165) is 4.47 Å². The fourth-order valence-electron chi connectivity index (χ4n) is 2.28. The molecule has 3 N–H and O–H groups in total. The van der Waals surface area contributed by atoms with Crippen molar-refractivity contribution in [1.82, 2.24) is 0 Å². The molecule has 0 heterocycles. The molecule has 2 unspecified atom stereocenters. The van der Waals surface area contributed by atoms with E-state index in [-0.39, 0.29) is 18.3 Å². The first-order valence-electron chi connectivity index (χ1n) is 6.54. The van der Waals surface area contributed by atoms with Gasteiger partial charge >= 0.3 is 0 Å². The molecule has 0 saturated heterocycles. The molecule has 0 aliphatic carbocycles. The molecule has 2 rings (SSSR count). The minimum atomic E-state index is -0.820. The topological polar surface area (TPSA) is 55.5 Å². The zero-order valence-electron chi connectivity index (χ0n) is 11.6. The Morgan fingerprint density at radius 3 is 2.57 bits per heavy atom. The molecule has 2 aromatic carbocycles. The molecule has 2 aromatic rings. The zero-order valence-corrected chi connectivity index (χ0v) is 13.2. The molecule has 21 heavy (non-hydrogen) atoms. The second kappa shape index (κ2) is 7.02. The van der Waals surface area contributed by atoms with Crippen molar-refractivity contribution in [3.8, 4) is 5.75 Å². The van der Waals surface area contributed by atoms with Gasteiger partial charge in [0.15, 0.2) is 0 Å². The van der Waals surface area contributed by atoms with E-state index in [1.807, 2.05) is 0 Å². The number of hydrogen-bond acceptors (Lipinski definition) is 3. The lowest BCUT2D eigenvalue weighted by Crippen LogP contribution is -2.20. The van der Waals surface area contributed by atoms with Gasteiger partial charge in [-0.15, -0.1) is 0 Å². The molecule has 0 amide bonds. The van der Waals surface area contributed by atoms with Crippen LogP contribution >= 0.6 is 15.9 Å². The highest BCUT2D eigenvalue weighted by molar-refractivity contribution is 9.10. The minimum Gasteiger partial charge on any atom is -0.496 e. The summed E-state index contributed by atoms with van der Waals surface area (Å²) in [6, 6.07) is 11.5. The Balaban J connectivity index is 2.32. The van der Waals surface area contributed by atoms with Crippen molar-refractivity contribution in [2.45, 2.75) is 12.0 Å². The van der Waals surface area contributed by atoms with Crippen LogP contribution in [0.5, 0.6) is 5.75 Å². The third-order valence-corrected chi connectivity index (χ3v) is 4.05. The minimum absolute atomic E-state index is 0.217. The maximum absolute atomic E-state index is 13.3. The SMILES string of the molecule is COc1ccc(C(O)C(CN)c2cccc(F)c2)cc1Br. The van der Waals surface area contributed by atoms with Gasteiger partial charge in [-0.1, -0.05) is 18.2 Å². The summed E-state index contributed by atoms with van der Waals surface area (Å²) in [6.45, 7) is 0.217. The molecule has 3 nitrogen and oxygen atoms in total. The molecule has 0 aromatic heterocycles. The summed E-state index contributed by atoms with van der Waals surface area (Å²) in [5.74, 6) is -0.0314. The monoisotopic (exact) mass is 353 g/mol. The van der Waals surface area contributed by atoms with Crippen LogP contribution in [0, 0.1) is 5.82 Å². The van der Waals surface area contributed by atoms with Crippen molar-refractivity contribution in [1.29, 1.82) is 0 Å². The van der Waals surface area contributed by atoms with Gasteiger partial charge in [0.2, 0.25) is 0 Å². The van der Waals surface area contributed by atoms with Crippen LogP contribution in [-0.2, 0) is 0 Å². The number of nitrogens with two attached hydrogens (primary N) is 1. The quantitative estimate of drug-likeness (QED) is 0.866. The van der Waals surface area contributed by atoms with Gasteiger partial charge in [0.1, 0.15) is 11.6 Å². The highest BCUT2D eigenvalue weighted by Crippen LogP contribution is 2.34. The fourth-order valence-corrected chi connectivity index (χ4v) is 2.84. The number of aliphatic hydroxyl groups excluding tert-OH is 1. The molecular weight excluding hydrogens is 337 g/mol. The van der Waals surface area contributed by atoms with Crippen LogP contribution in [0.15, 0.2) is 46.9 Å². The van der Waals surface area contributed by atoms with Crippen molar-refractivity contribution in [3.05, 3.63) is 63.9 Å². The number of aliphatic hydroxyl groups is 1. The molecule has 2 atom stereocenters. The van der Waals surface area contributed by atoms with Gasteiger partial charge in [0, 0.05) is 12.5 Å². The number of halogens is 2. The van der Waals surface area contributed by atoms with Gasteiger partial charge in [0.25, 0.3) is 0 Å². The number of hydrogen-bond donors (Lipinski definition) is 2. The van der Waals surface area contributed by atoms with Crippen molar-refractivity contribution >= 4 is 15.9 Å². The average molecular weight is 354 g/mol. The van der Waals surface area contributed by atoms with Crippen LogP contribution in [0.3, 0.4) is 0 Å². The van der Waals surface area contributed by atoms with E-state index in [0.29, 0.717) is 16.9 Å². The Hall–Kier alpha value is -1.43. The Morgan fingerprint density at radius 2 is 2.00 bits per heavy atom. The lowest BCUT2D eigenvalue weighted by Gasteiger charge is -2.23. The highest BCUT2D eigenvalue weighted by atomic mass is 79.9. The smallest absolute Gasteiger partial charge is 0.133 e. The number of ether oxygens (including phenoxy) is 1. The van der Waals surface area contributed by atoms with Crippen LogP contribution in [0.1, 0.15) is 23.1 Å². The Kier molecular flexibility index (Phi) is 5.33. The molecule has 0 aliphatic heterocycles. The van der Waals surface area contributed by atoms with Crippen LogP contribution in [0.4, 0.5) is 4.39 Å². The summed E-state index contributed by atoms with van der Waals surface area (Å²) < 4.78 is 19.3. The molecule has 0 spiro atoms. The molecule has 0 aliphatic rings. The summed E-state index contributed by atoms with van der Waals surface area (Å²) in [4.78, 5) is 0.